The highest BCUT2D eigenvalue weighted by Crippen LogP contribution is 2.36. The van der Waals surface area contributed by atoms with Gasteiger partial charge in [-0.2, -0.15) is 13.2 Å². The Balaban J connectivity index is 1.30. The molecule has 0 spiro atoms. The lowest BCUT2D eigenvalue weighted by Crippen LogP contribution is -2.60. The number of benzene rings is 2. The number of carbonyl (C=O) groups excluding carboxylic acids is 2. The van der Waals surface area contributed by atoms with Gasteiger partial charge < -0.3 is 25.0 Å². The molecule has 0 unspecified atom stereocenters. The summed E-state index contributed by atoms with van der Waals surface area (Å²) in [7, 11) is 0. The third kappa shape index (κ3) is 7.39. The fourth-order valence-corrected chi connectivity index (χ4v) is 5.43. The number of carbonyl (C=O) groups is 2. The lowest BCUT2D eigenvalue weighted by Gasteiger charge is -2.45. The first-order chi connectivity index (χ1) is 20.2. The molecule has 2 N–H and O–H groups in total. The number of nitrogens with one attached hydrogen (secondary N) is 2. The van der Waals surface area contributed by atoms with Crippen molar-refractivity contribution in [2.45, 2.75) is 37.7 Å². The van der Waals surface area contributed by atoms with E-state index >= 15 is 0 Å². The van der Waals surface area contributed by atoms with Crippen LogP contribution in [0.3, 0.4) is 0 Å². The van der Waals surface area contributed by atoms with Crippen molar-refractivity contribution in [2.24, 2.45) is 5.92 Å². The molecule has 0 saturated carbocycles. The second-order valence-corrected chi connectivity index (χ2v) is 10.8. The van der Waals surface area contributed by atoms with Gasteiger partial charge in [-0.25, -0.2) is 4.98 Å². The van der Waals surface area contributed by atoms with Crippen LogP contribution in [0.15, 0.2) is 66.9 Å². The van der Waals surface area contributed by atoms with Crippen molar-refractivity contribution >= 4 is 23.4 Å². The van der Waals surface area contributed by atoms with Gasteiger partial charge in [-0.1, -0.05) is 41.9 Å². The van der Waals surface area contributed by atoms with E-state index in [9.17, 15) is 22.8 Å². The molecule has 2 atom stereocenters. The normalized spacial score (nSPS) is 20.5. The molecule has 42 heavy (non-hydrogen) atoms. The number of alkyl halides is 3. The minimum absolute atomic E-state index is 0.0207. The molecule has 2 bridgehead atoms. The summed E-state index contributed by atoms with van der Waals surface area (Å²) in [5.74, 6) is -0.947. The molecule has 222 valence electrons. The van der Waals surface area contributed by atoms with Crippen molar-refractivity contribution in [1.82, 2.24) is 20.5 Å². The average Bonchev–Trinajstić information content (AvgIpc) is 2.98. The monoisotopic (exact) mass is 602 g/mol. The molecule has 0 radical (unpaired) electrons. The number of nitrogens with zero attached hydrogens (tertiary/aromatic N) is 2. The molecule has 6 rings (SSSR count). The SMILES string of the molecule is O=C(N[C@H](COCc1ccccc1)C(=O)N[C@H]1CN2CCC1CC2)c1cccnc1Oc1ccc(C(F)(F)F)cc1Cl. The van der Waals surface area contributed by atoms with Gasteiger partial charge in [-0.3, -0.25) is 9.59 Å². The molecular formula is C30H30ClF3N4O4. The number of ether oxygens (including phenoxy) is 2. The van der Waals surface area contributed by atoms with E-state index in [0.29, 0.717) is 5.92 Å². The Hall–Kier alpha value is -3.67. The van der Waals surface area contributed by atoms with Crippen molar-refractivity contribution in [3.63, 3.8) is 0 Å². The van der Waals surface area contributed by atoms with Gasteiger partial charge in [0.2, 0.25) is 11.8 Å². The van der Waals surface area contributed by atoms with Gasteiger partial charge in [0, 0.05) is 18.8 Å². The van der Waals surface area contributed by atoms with E-state index in [4.69, 9.17) is 21.1 Å². The summed E-state index contributed by atoms with van der Waals surface area (Å²) in [6.45, 7) is 2.95. The first-order valence-electron chi connectivity index (χ1n) is 13.6. The molecular weight excluding hydrogens is 573 g/mol. The summed E-state index contributed by atoms with van der Waals surface area (Å²) in [5.41, 5.74) is -0.0555. The van der Waals surface area contributed by atoms with Crippen molar-refractivity contribution in [1.29, 1.82) is 0 Å². The number of amides is 2. The van der Waals surface area contributed by atoms with Gasteiger partial charge in [0.1, 0.15) is 17.4 Å². The highest BCUT2D eigenvalue weighted by atomic mass is 35.5. The topological polar surface area (TPSA) is 92.8 Å². The second kappa shape index (κ2) is 13.1. The Kier molecular flexibility index (Phi) is 9.30. The first-order valence-corrected chi connectivity index (χ1v) is 14.0. The van der Waals surface area contributed by atoms with Gasteiger partial charge in [0.15, 0.2) is 0 Å². The average molecular weight is 603 g/mol. The number of hydrogen-bond acceptors (Lipinski definition) is 6. The summed E-state index contributed by atoms with van der Waals surface area (Å²) in [4.78, 5) is 33.3. The van der Waals surface area contributed by atoms with Crippen LogP contribution in [-0.2, 0) is 22.3 Å². The third-order valence-corrected chi connectivity index (χ3v) is 7.78. The van der Waals surface area contributed by atoms with Crippen molar-refractivity contribution in [3.8, 4) is 11.6 Å². The number of piperidine rings is 3. The van der Waals surface area contributed by atoms with E-state index in [1.165, 1.54) is 18.3 Å². The van der Waals surface area contributed by atoms with E-state index in [0.717, 1.165) is 56.2 Å². The van der Waals surface area contributed by atoms with Crippen molar-refractivity contribution in [2.75, 3.05) is 26.2 Å². The lowest BCUT2D eigenvalue weighted by molar-refractivity contribution is -0.137. The molecule has 3 saturated heterocycles. The Bertz CT molecular complexity index is 1400. The number of rotatable bonds is 10. The first kappa shape index (κ1) is 29.8. The molecule has 2 aromatic carbocycles. The van der Waals surface area contributed by atoms with Gasteiger partial charge in [0.25, 0.3) is 5.91 Å². The smallest absolute Gasteiger partial charge is 0.416 e. The van der Waals surface area contributed by atoms with Gasteiger partial charge in [0.05, 0.1) is 23.8 Å². The van der Waals surface area contributed by atoms with Crippen LogP contribution >= 0.6 is 11.6 Å². The Morgan fingerprint density at radius 1 is 1.07 bits per heavy atom. The minimum atomic E-state index is -4.58. The number of aromatic nitrogens is 1. The molecule has 8 nitrogen and oxygen atoms in total. The largest absolute Gasteiger partial charge is 0.437 e. The summed E-state index contributed by atoms with van der Waals surface area (Å²) in [6.07, 6.45) is -1.19. The maximum atomic E-state index is 13.4. The summed E-state index contributed by atoms with van der Waals surface area (Å²) < 4.78 is 50.6. The molecule has 1 aromatic heterocycles. The second-order valence-electron chi connectivity index (χ2n) is 10.4. The molecule has 3 aliphatic heterocycles. The Morgan fingerprint density at radius 2 is 1.83 bits per heavy atom. The summed E-state index contributed by atoms with van der Waals surface area (Å²) in [6, 6.07) is 13.9. The van der Waals surface area contributed by atoms with Crippen LogP contribution in [0.1, 0.15) is 34.3 Å². The van der Waals surface area contributed by atoms with Crippen LogP contribution in [0.4, 0.5) is 13.2 Å². The van der Waals surface area contributed by atoms with Crippen LogP contribution in [0.25, 0.3) is 0 Å². The lowest BCUT2D eigenvalue weighted by atomic mass is 9.84. The maximum Gasteiger partial charge on any atom is 0.416 e. The fourth-order valence-electron chi connectivity index (χ4n) is 5.21. The van der Waals surface area contributed by atoms with Crippen LogP contribution < -0.4 is 15.4 Å². The molecule has 2 amide bonds. The highest BCUT2D eigenvalue weighted by molar-refractivity contribution is 6.32. The molecule has 4 heterocycles. The predicted molar refractivity (Wildman–Crippen MR) is 149 cm³/mol. The van der Waals surface area contributed by atoms with Crippen molar-refractivity contribution < 1.29 is 32.2 Å². The number of pyridine rings is 1. The van der Waals surface area contributed by atoms with Crippen LogP contribution in [0.5, 0.6) is 11.6 Å². The zero-order chi connectivity index (χ0) is 29.7. The maximum absolute atomic E-state index is 13.4. The molecule has 3 aliphatic rings. The van der Waals surface area contributed by atoms with E-state index in [1.807, 2.05) is 30.3 Å². The summed E-state index contributed by atoms with van der Waals surface area (Å²) >= 11 is 6.04. The molecule has 0 aliphatic carbocycles. The third-order valence-electron chi connectivity index (χ3n) is 7.48. The van der Waals surface area contributed by atoms with Crippen LogP contribution in [0.2, 0.25) is 5.02 Å². The predicted octanol–water partition coefficient (Wildman–Crippen LogP) is 5.07. The van der Waals surface area contributed by atoms with Gasteiger partial charge in [-0.15, -0.1) is 0 Å². The standard InChI is InChI=1S/C30H30ClF3N4O4/c31-23-15-21(30(32,33)34)8-9-26(23)42-29-22(7-4-12-35-29)27(39)37-25(18-41-17-19-5-2-1-3-6-19)28(40)36-24-16-38-13-10-20(24)11-14-38/h1-9,12,15,20,24-25H,10-11,13-14,16-18H2,(H,36,40)(H,37,39)/t24-,25+/m0/s1. The van der Waals surface area contributed by atoms with Crippen LogP contribution in [0, 0.1) is 5.92 Å². The summed E-state index contributed by atoms with van der Waals surface area (Å²) in [5, 5.41) is 5.54. The quantitative estimate of drug-likeness (QED) is 0.337. The number of hydrogen-bond donors (Lipinski definition) is 2. The van der Waals surface area contributed by atoms with Crippen LogP contribution in [-0.4, -0.2) is 60.0 Å². The van der Waals surface area contributed by atoms with E-state index in [-0.39, 0.29) is 47.4 Å². The number of fused-ring (bicyclic) bond motifs is 3. The zero-order valence-corrected chi connectivity index (χ0v) is 23.3. The molecule has 3 fully saturated rings. The number of halogens is 4. The van der Waals surface area contributed by atoms with E-state index in [1.54, 1.807) is 0 Å². The van der Waals surface area contributed by atoms with Crippen molar-refractivity contribution in [3.05, 3.63) is 88.6 Å². The Labute approximate surface area is 246 Å². The van der Waals surface area contributed by atoms with Gasteiger partial charge in [-0.05, 0) is 67.7 Å². The highest BCUT2D eigenvalue weighted by Gasteiger charge is 2.36. The molecule has 12 heteroatoms. The molecule has 3 aromatic rings. The van der Waals surface area contributed by atoms with E-state index in [2.05, 4.69) is 20.5 Å². The fraction of sp³-hybridized carbons (Fsp3) is 0.367. The van der Waals surface area contributed by atoms with Gasteiger partial charge >= 0.3 is 6.18 Å². The van der Waals surface area contributed by atoms with E-state index < -0.39 is 23.7 Å². The Morgan fingerprint density at radius 3 is 2.50 bits per heavy atom. The minimum Gasteiger partial charge on any atom is -0.437 e. The zero-order valence-electron chi connectivity index (χ0n) is 22.6.